The molecule has 0 unspecified atom stereocenters. The molecule has 0 aromatic carbocycles. The number of pyridine rings is 1. The van der Waals surface area contributed by atoms with Gasteiger partial charge in [0, 0.05) is 45.5 Å². The van der Waals surface area contributed by atoms with Gasteiger partial charge in [-0.25, -0.2) is 4.98 Å². The molecule has 2 heterocycles. The van der Waals surface area contributed by atoms with E-state index < -0.39 is 0 Å². The maximum Gasteiger partial charge on any atom is 0.207 e. The molecule has 2 rings (SSSR count). The van der Waals surface area contributed by atoms with E-state index in [-0.39, 0.29) is 0 Å². The molecule has 1 fully saturated rings. The zero-order chi connectivity index (χ0) is 12.8. The Morgan fingerprint density at radius 1 is 1.39 bits per heavy atom. The van der Waals surface area contributed by atoms with Crippen molar-refractivity contribution >= 4 is 23.7 Å². The number of halogens is 1. The molecule has 98 valence electrons. The summed E-state index contributed by atoms with van der Waals surface area (Å²) in [4.78, 5) is 18.8. The number of nitrogens with one attached hydrogen (secondary N) is 1. The smallest absolute Gasteiger partial charge is 0.207 e. The molecule has 1 amide bonds. The van der Waals surface area contributed by atoms with Crippen LogP contribution in [0.15, 0.2) is 18.3 Å². The number of piperazine rings is 1. The Morgan fingerprint density at radius 2 is 2.17 bits per heavy atom. The molecule has 1 aliphatic rings. The second-order valence-corrected chi connectivity index (χ2v) is 4.57. The van der Waals surface area contributed by atoms with Crippen LogP contribution in [0.2, 0.25) is 5.15 Å². The van der Waals surface area contributed by atoms with Crippen molar-refractivity contribution in [2.75, 3.05) is 44.2 Å². The summed E-state index contributed by atoms with van der Waals surface area (Å²) in [7, 11) is 0. The predicted molar refractivity (Wildman–Crippen MR) is 72.0 cm³/mol. The summed E-state index contributed by atoms with van der Waals surface area (Å²) in [5.41, 5.74) is 1.00. The topological polar surface area (TPSA) is 48.5 Å². The van der Waals surface area contributed by atoms with E-state index >= 15 is 0 Å². The third-order valence-corrected chi connectivity index (χ3v) is 3.40. The zero-order valence-electron chi connectivity index (χ0n) is 10.2. The van der Waals surface area contributed by atoms with Crippen LogP contribution in [-0.2, 0) is 4.79 Å². The number of aromatic nitrogens is 1. The van der Waals surface area contributed by atoms with Gasteiger partial charge in [0.05, 0.1) is 5.69 Å². The Labute approximate surface area is 112 Å². The molecule has 0 atom stereocenters. The van der Waals surface area contributed by atoms with Gasteiger partial charge < -0.3 is 10.2 Å². The van der Waals surface area contributed by atoms with Crippen LogP contribution in [0.1, 0.15) is 0 Å². The summed E-state index contributed by atoms with van der Waals surface area (Å²) >= 11 is 6.08. The van der Waals surface area contributed by atoms with Gasteiger partial charge in [0.15, 0.2) is 5.15 Å². The minimum atomic E-state index is 0.563. The average Bonchev–Trinajstić information content (AvgIpc) is 2.41. The fourth-order valence-corrected chi connectivity index (χ4v) is 2.35. The molecule has 0 saturated carbocycles. The van der Waals surface area contributed by atoms with Crippen LogP contribution in [0.4, 0.5) is 5.69 Å². The summed E-state index contributed by atoms with van der Waals surface area (Å²) in [5, 5.41) is 3.24. The van der Waals surface area contributed by atoms with Gasteiger partial charge >= 0.3 is 0 Å². The summed E-state index contributed by atoms with van der Waals surface area (Å²) in [6.07, 6.45) is 2.44. The number of carbonyl (C=O) groups is 1. The highest BCUT2D eigenvalue weighted by Gasteiger charge is 2.18. The lowest BCUT2D eigenvalue weighted by atomic mass is 10.2. The van der Waals surface area contributed by atoms with Crippen LogP contribution in [0, 0.1) is 0 Å². The van der Waals surface area contributed by atoms with Gasteiger partial charge in [-0.2, -0.15) is 0 Å². The quantitative estimate of drug-likeness (QED) is 0.483. The lowest BCUT2D eigenvalue weighted by molar-refractivity contribution is -0.109. The summed E-state index contributed by atoms with van der Waals surface area (Å²) in [5.74, 6) is 0. The van der Waals surface area contributed by atoms with Crippen molar-refractivity contribution in [1.29, 1.82) is 0 Å². The van der Waals surface area contributed by atoms with Gasteiger partial charge in [0.25, 0.3) is 0 Å². The van der Waals surface area contributed by atoms with E-state index in [1.54, 1.807) is 6.20 Å². The van der Waals surface area contributed by atoms with E-state index in [2.05, 4.69) is 20.1 Å². The van der Waals surface area contributed by atoms with Crippen molar-refractivity contribution in [3.8, 4) is 0 Å². The van der Waals surface area contributed by atoms with E-state index in [1.807, 2.05) is 12.1 Å². The minimum absolute atomic E-state index is 0.563. The van der Waals surface area contributed by atoms with E-state index in [1.165, 1.54) is 0 Å². The van der Waals surface area contributed by atoms with Crippen LogP contribution < -0.4 is 10.2 Å². The molecule has 1 aromatic rings. The van der Waals surface area contributed by atoms with Crippen molar-refractivity contribution in [3.63, 3.8) is 0 Å². The molecule has 1 aromatic heterocycles. The van der Waals surface area contributed by atoms with Gasteiger partial charge in [0.2, 0.25) is 6.41 Å². The second-order valence-electron chi connectivity index (χ2n) is 4.21. The molecule has 18 heavy (non-hydrogen) atoms. The highest BCUT2D eigenvalue weighted by Crippen LogP contribution is 2.23. The summed E-state index contributed by atoms with van der Waals surface area (Å²) in [6, 6.07) is 3.90. The fourth-order valence-electron chi connectivity index (χ4n) is 2.11. The van der Waals surface area contributed by atoms with Crippen LogP contribution in [0.5, 0.6) is 0 Å². The minimum Gasteiger partial charge on any atom is -0.366 e. The third-order valence-electron chi connectivity index (χ3n) is 3.11. The van der Waals surface area contributed by atoms with Crippen LogP contribution in [-0.4, -0.2) is 55.6 Å². The molecule has 6 heteroatoms. The molecule has 0 radical (unpaired) electrons. The van der Waals surface area contributed by atoms with E-state index in [0.717, 1.165) is 44.8 Å². The van der Waals surface area contributed by atoms with Crippen molar-refractivity contribution in [2.45, 2.75) is 0 Å². The highest BCUT2D eigenvalue weighted by molar-refractivity contribution is 6.32. The Bertz CT molecular complexity index is 393. The van der Waals surface area contributed by atoms with Gasteiger partial charge in [-0.3, -0.25) is 9.69 Å². The monoisotopic (exact) mass is 268 g/mol. The number of anilines is 1. The van der Waals surface area contributed by atoms with Crippen LogP contribution >= 0.6 is 11.6 Å². The first-order valence-corrected chi connectivity index (χ1v) is 6.44. The Morgan fingerprint density at radius 3 is 2.83 bits per heavy atom. The molecule has 0 spiro atoms. The largest absolute Gasteiger partial charge is 0.366 e. The zero-order valence-corrected chi connectivity index (χ0v) is 10.9. The maximum absolute atomic E-state index is 10.2. The maximum atomic E-state index is 10.2. The average molecular weight is 269 g/mol. The van der Waals surface area contributed by atoms with Crippen LogP contribution in [0.3, 0.4) is 0 Å². The Hall–Kier alpha value is -1.33. The lowest BCUT2D eigenvalue weighted by Gasteiger charge is -2.36. The molecular formula is C12H17ClN4O. The molecular weight excluding hydrogens is 252 g/mol. The fraction of sp³-hybridized carbons (Fsp3) is 0.500. The number of carbonyl (C=O) groups excluding carboxylic acids is 1. The molecule has 0 aliphatic carbocycles. The Balaban J connectivity index is 1.83. The number of amides is 1. The van der Waals surface area contributed by atoms with Crippen molar-refractivity contribution in [1.82, 2.24) is 15.2 Å². The molecule has 1 saturated heterocycles. The van der Waals surface area contributed by atoms with Gasteiger partial charge in [-0.1, -0.05) is 11.6 Å². The first kappa shape index (κ1) is 13.1. The lowest BCUT2D eigenvalue weighted by Crippen LogP contribution is -2.48. The molecule has 0 bridgehead atoms. The molecule has 1 aliphatic heterocycles. The van der Waals surface area contributed by atoms with E-state index in [4.69, 9.17) is 11.6 Å². The van der Waals surface area contributed by atoms with E-state index in [0.29, 0.717) is 11.7 Å². The van der Waals surface area contributed by atoms with Crippen molar-refractivity contribution in [3.05, 3.63) is 23.5 Å². The first-order valence-electron chi connectivity index (χ1n) is 6.06. The summed E-state index contributed by atoms with van der Waals surface area (Å²) in [6.45, 7) is 5.43. The highest BCUT2D eigenvalue weighted by atomic mass is 35.5. The van der Waals surface area contributed by atoms with Gasteiger partial charge in [0.1, 0.15) is 0 Å². The normalized spacial score (nSPS) is 16.6. The van der Waals surface area contributed by atoms with Gasteiger partial charge in [-0.15, -0.1) is 0 Å². The number of hydrogen-bond donors (Lipinski definition) is 1. The van der Waals surface area contributed by atoms with E-state index in [9.17, 15) is 4.79 Å². The predicted octanol–water partition coefficient (Wildman–Crippen LogP) is 0.603. The second kappa shape index (κ2) is 6.56. The standard InChI is InChI=1S/C12H17ClN4O/c13-12-11(2-1-3-15-12)17-8-6-16(7-9-17)5-4-14-10-18/h1-3,10H,4-9H2,(H,14,18). The number of hydrogen-bond acceptors (Lipinski definition) is 4. The summed E-state index contributed by atoms with van der Waals surface area (Å²) < 4.78 is 0. The van der Waals surface area contributed by atoms with Gasteiger partial charge in [-0.05, 0) is 12.1 Å². The Kier molecular flexibility index (Phi) is 4.78. The third kappa shape index (κ3) is 3.34. The SMILES string of the molecule is O=CNCCN1CCN(c2cccnc2Cl)CC1. The van der Waals surface area contributed by atoms with Crippen molar-refractivity contribution < 1.29 is 4.79 Å². The van der Waals surface area contributed by atoms with Crippen LogP contribution in [0.25, 0.3) is 0 Å². The number of nitrogens with zero attached hydrogens (tertiary/aromatic N) is 3. The van der Waals surface area contributed by atoms with Crippen molar-refractivity contribution in [2.24, 2.45) is 0 Å². The molecule has 5 nitrogen and oxygen atoms in total. The molecule has 1 N–H and O–H groups in total. The first-order chi connectivity index (χ1) is 8.81. The number of rotatable bonds is 5.